The minimum atomic E-state index is -0.122. The number of hydrogen-bond acceptors (Lipinski definition) is 2. The van der Waals surface area contributed by atoms with Gasteiger partial charge in [0.25, 0.3) is 0 Å². The van der Waals surface area contributed by atoms with Gasteiger partial charge in [-0.2, -0.15) is 0 Å². The van der Waals surface area contributed by atoms with Crippen LogP contribution in [0.3, 0.4) is 0 Å². The van der Waals surface area contributed by atoms with E-state index in [2.05, 4.69) is 60.3 Å². The van der Waals surface area contributed by atoms with Gasteiger partial charge in [-0.05, 0) is 85.1 Å². The highest BCUT2D eigenvalue weighted by Gasteiger charge is 2.62. The van der Waals surface area contributed by atoms with Crippen molar-refractivity contribution in [1.29, 1.82) is 0 Å². The van der Waals surface area contributed by atoms with Gasteiger partial charge in [0.05, 0.1) is 12.2 Å². The van der Waals surface area contributed by atoms with Crippen molar-refractivity contribution in [2.45, 2.75) is 70.0 Å². The lowest BCUT2D eigenvalue weighted by Crippen LogP contribution is -2.53. The molecule has 0 aromatic heterocycles. The molecular formula is C34H37NO2. The van der Waals surface area contributed by atoms with Crippen LogP contribution in [0.5, 0.6) is 5.75 Å². The molecule has 3 heteroatoms. The second-order valence-electron chi connectivity index (χ2n) is 11.7. The zero-order valence-corrected chi connectivity index (χ0v) is 22.1. The summed E-state index contributed by atoms with van der Waals surface area (Å²) in [4.78, 5) is 3.67. The third-order valence-electron chi connectivity index (χ3n) is 10.2. The largest absolute Gasteiger partial charge is 0.489 e. The fourth-order valence-corrected chi connectivity index (χ4v) is 8.20. The molecule has 0 radical (unpaired) electrons. The van der Waals surface area contributed by atoms with E-state index in [4.69, 9.17) is 16.0 Å². The molecule has 3 nitrogen and oxygen atoms in total. The van der Waals surface area contributed by atoms with Gasteiger partial charge in [-0.25, -0.2) is 4.85 Å². The standard InChI is InChI=1S/C34H37NO2/c1-33-19-17-30-29-16-12-27(35-2)21-26(29)11-15-31(30)32(33)18-20-34(33,36-3)22-24-9-13-28(14-10-24)37-23-25-7-5-4-6-8-25/h4-10,12-14,16,21,30-32H,11,15,17-20,22-23H2,1,3H3/t30?,31?,32?,33-,34+/m0/s1. The Hall–Kier alpha value is -3.09. The van der Waals surface area contributed by atoms with Crippen molar-refractivity contribution in [2.75, 3.05) is 7.11 Å². The van der Waals surface area contributed by atoms with E-state index in [1.165, 1.54) is 47.9 Å². The lowest BCUT2D eigenvalue weighted by Gasteiger charge is -2.54. The molecule has 0 aliphatic heterocycles. The van der Waals surface area contributed by atoms with E-state index >= 15 is 0 Å². The van der Waals surface area contributed by atoms with Gasteiger partial charge >= 0.3 is 0 Å². The summed E-state index contributed by atoms with van der Waals surface area (Å²) in [6, 6.07) is 25.5. The molecule has 0 N–H and O–H groups in total. The molecule has 0 heterocycles. The Labute approximate surface area is 221 Å². The van der Waals surface area contributed by atoms with E-state index in [0.29, 0.717) is 18.4 Å². The Morgan fingerprint density at radius 1 is 0.919 bits per heavy atom. The van der Waals surface area contributed by atoms with Gasteiger partial charge in [0, 0.05) is 18.9 Å². The first-order valence-corrected chi connectivity index (χ1v) is 13.9. The molecule has 3 aliphatic carbocycles. The fraction of sp³-hybridized carbons (Fsp3) is 0.441. The van der Waals surface area contributed by atoms with Crippen LogP contribution in [0.15, 0.2) is 72.8 Å². The number of rotatable bonds is 6. The summed E-state index contributed by atoms with van der Waals surface area (Å²) in [6.45, 7) is 10.5. The van der Waals surface area contributed by atoms with Gasteiger partial charge in [0.1, 0.15) is 12.4 Å². The van der Waals surface area contributed by atoms with Gasteiger partial charge in [-0.15, -0.1) is 0 Å². The van der Waals surface area contributed by atoms with Crippen LogP contribution in [0.2, 0.25) is 0 Å². The Kier molecular flexibility index (Phi) is 6.33. The Balaban J connectivity index is 1.19. The fourth-order valence-electron chi connectivity index (χ4n) is 8.20. The van der Waals surface area contributed by atoms with Crippen LogP contribution >= 0.6 is 0 Å². The van der Waals surface area contributed by atoms with Crippen molar-refractivity contribution >= 4 is 5.69 Å². The van der Waals surface area contributed by atoms with Crippen LogP contribution in [-0.4, -0.2) is 12.7 Å². The molecule has 3 aromatic carbocycles. The summed E-state index contributed by atoms with van der Waals surface area (Å²) in [5.41, 5.74) is 6.30. The topological polar surface area (TPSA) is 22.8 Å². The van der Waals surface area contributed by atoms with Gasteiger partial charge < -0.3 is 9.47 Å². The van der Waals surface area contributed by atoms with Crippen LogP contribution in [0.1, 0.15) is 67.2 Å². The lowest BCUT2D eigenvalue weighted by atomic mass is 9.52. The lowest BCUT2D eigenvalue weighted by molar-refractivity contribution is -0.125. The smallest absolute Gasteiger partial charge is 0.187 e. The van der Waals surface area contributed by atoms with Crippen molar-refractivity contribution in [1.82, 2.24) is 0 Å². The van der Waals surface area contributed by atoms with E-state index < -0.39 is 0 Å². The Morgan fingerprint density at radius 2 is 1.73 bits per heavy atom. The summed E-state index contributed by atoms with van der Waals surface area (Å²) < 4.78 is 12.6. The monoisotopic (exact) mass is 491 g/mol. The third kappa shape index (κ3) is 4.16. The van der Waals surface area contributed by atoms with Gasteiger partial charge in [0.15, 0.2) is 5.69 Å². The molecule has 2 fully saturated rings. The zero-order valence-electron chi connectivity index (χ0n) is 22.1. The summed E-state index contributed by atoms with van der Waals surface area (Å²) in [5, 5.41) is 0. The highest BCUT2D eigenvalue weighted by atomic mass is 16.5. The van der Waals surface area contributed by atoms with Crippen molar-refractivity contribution in [3.05, 3.63) is 106 Å². The van der Waals surface area contributed by atoms with Crippen molar-refractivity contribution < 1.29 is 9.47 Å². The number of nitrogens with zero attached hydrogens (tertiary/aromatic N) is 1. The number of methoxy groups -OCH3 is 1. The molecular weight excluding hydrogens is 454 g/mol. The minimum Gasteiger partial charge on any atom is -0.489 e. The normalized spacial score (nSPS) is 30.0. The minimum absolute atomic E-state index is 0.122. The predicted octanol–water partition coefficient (Wildman–Crippen LogP) is 8.30. The molecule has 0 amide bonds. The van der Waals surface area contributed by atoms with Crippen LogP contribution < -0.4 is 4.74 Å². The van der Waals surface area contributed by atoms with Gasteiger partial charge in [0.2, 0.25) is 0 Å². The predicted molar refractivity (Wildman–Crippen MR) is 148 cm³/mol. The van der Waals surface area contributed by atoms with Crippen molar-refractivity contribution in [2.24, 2.45) is 17.3 Å². The number of hydrogen-bond donors (Lipinski definition) is 0. The van der Waals surface area contributed by atoms with E-state index in [9.17, 15) is 0 Å². The molecule has 6 rings (SSSR count). The second-order valence-corrected chi connectivity index (χ2v) is 11.7. The Morgan fingerprint density at radius 3 is 2.49 bits per heavy atom. The maximum Gasteiger partial charge on any atom is 0.187 e. The average molecular weight is 492 g/mol. The van der Waals surface area contributed by atoms with Crippen LogP contribution in [0.25, 0.3) is 4.85 Å². The highest BCUT2D eigenvalue weighted by molar-refractivity contribution is 5.51. The molecule has 3 aromatic rings. The quantitative estimate of drug-likeness (QED) is 0.324. The molecule has 2 saturated carbocycles. The number of fused-ring (bicyclic) bond motifs is 5. The maximum atomic E-state index is 7.39. The van der Waals surface area contributed by atoms with Crippen molar-refractivity contribution in [3.63, 3.8) is 0 Å². The van der Waals surface area contributed by atoms with E-state index in [1.807, 2.05) is 31.4 Å². The molecule has 190 valence electrons. The number of ether oxygens (including phenoxy) is 2. The SMILES string of the molecule is [C-]#[N+]c1ccc2c(c1)CCC1C2CC[C@@]2(C)C1CC[C@]2(Cc1ccc(OCc2ccccc2)cc1)OC. The van der Waals surface area contributed by atoms with Crippen LogP contribution in [0.4, 0.5) is 5.69 Å². The number of benzene rings is 3. The summed E-state index contributed by atoms with van der Waals surface area (Å²) in [5.74, 6) is 2.96. The van der Waals surface area contributed by atoms with Crippen molar-refractivity contribution in [3.8, 4) is 5.75 Å². The van der Waals surface area contributed by atoms with Gasteiger partial charge in [-0.1, -0.05) is 73.2 Å². The Bertz CT molecular complexity index is 1290. The second kappa shape index (κ2) is 9.66. The molecule has 37 heavy (non-hydrogen) atoms. The average Bonchev–Trinajstić information content (AvgIpc) is 3.24. The summed E-state index contributed by atoms with van der Waals surface area (Å²) in [7, 11) is 1.94. The highest BCUT2D eigenvalue weighted by Crippen LogP contribution is 2.65. The summed E-state index contributed by atoms with van der Waals surface area (Å²) in [6.07, 6.45) is 8.11. The molecule has 3 unspecified atom stereocenters. The van der Waals surface area contributed by atoms with Crippen LogP contribution in [-0.2, 0) is 24.2 Å². The van der Waals surface area contributed by atoms with Crippen LogP contribution in [0, 0.1) is 23.8 Å². The van der Waals surface area contributed by atoms with Gasteiger partial charge in [-0.3, -0.25) is 0 Å². The first-order valence-electron chi connectivity index (χ1n) is 13.9. The molecule has 0 spiro atoms. The van der Waals surface area contributed by atoms with E-state index in [1.54, 1.807) is 0 Å². The third-order valence-corrected chi connectivity index (χ3v) is 10.2. The maximum absolute atomic E-state index is 7.39. The molecule has 0 bridgehead atoms. The molecule has 5 atom stereocenters. The molecule has 0 saturated heterocycles. The van der Waals surface area contributed by atoms with E-state index in [-0.39, 0.29) is 11.0 Å². The number of aryl methyl sites for hydroxylation is 1. The van der Waals surface area contributed by atoms with E-state index in [0.717, 1.165) is 36.6 Å². The summed E-state index contributed by atoms with van der Waals surface area (Å²) >= 11 is 0. The first-order chi connectivity index (χ1) is 18.0. The molecule has 3 aliphatic rings. The zero-order chi connectivity index (χ0) is 25.5. The first kappa shape index (κ1) is 24.3.